The van der Waals surface area contributed by atoms with Crippen molar-refractivity contribution in [3.05, 3.63) is 84.9 Å². The third-order valence-electron chi connectivity index (χ3n) is 4.93. The summed E-state index contributed by atoms with van der Waals surface area (Å²) in [7, 11) is -8.07. The second kappa shape index (κ2) is 7.87. The number of anilines is 2. The lowest BCUT2D eigenvalue weighted by Crippen LogP contribution is -2.13. The molecule has 0 saturated heterocycles. The van der Waals surface area contributed by atoms with Crippen LogP contribution in [0, 0.1) is 0 Å². The summed E-state index contributed by atoms with van der Waals surface area (Å²) in [5.74, 6) is 0. The van der Waals surface area contributed by atoms with Crippen molar-refractivity contribution in [3.8, 4) is 0 Å². The Kier molecular flexibility index (Phi) is 4.99. The zero-order valence-corrected chi connectivity index (χ0v) is 18.5. The van der Waals surface area contributed by atoms with Gasteiger partial charge in [0.15, 0.2) is 0 Å². The molecular formula is C22H16N4O5S2. The molecule has 0 aliphatic rings. The quantitative estimate of drug-likeness (QED) is 0.376. The van der Waals surface area contributed by atoms with Gasteiger partial charge in [-0.05, 0) is 45.8 Å². The van der Waals surface area contributed by atoms with Crippen molar-refractivity contribution in [2.24, 2.45) is 0 Å². The third-order valence-corrected chi connectivity index (χ3v) is 7.57. The summed E-state index contributed by atoms with van der Waals surface area (Å²) < 4.78 is 60.3. The van der Waals surface area contributed by atoms with Crippen LogP contribution in [0.25, 0.3) is 21.5 Å². The molecule has 5 rings (SSSR count). The lowest BCUT2D eigenvalue weighted by atomic mass is 10.1. The Balaban J connectivity index is 1.36. The van der Waals surface area contributed by atoms with Crippen LogP contribution in [-0.4, -0.2) is 27.0 Å². The molecule has 2 N–H and O–H groups in total. The first-order chi connectivity index (χ1) is 15.8. The molecule has 1 heterocycles. The minimum absolute atomic E-state index is 0.00213. The molecule has 5 aromatic rings. The van der Waals surface area contributed by atoms with E-state index in [0.29, 0.717) is 0 Å². The van der Waals surface area contributed by atoms with Crippen molar-refractivity contribution < 1.29 is 21.3 Å². The van der Waals surface area contributed by atoms with Crippen LogP contribution in [0.1, 0.15) is 0 Å². The molecule has 0 spiro atoms. The van der Waals surface area contributed by atoms with E-state index in [1.807, 2.05) is 24.3 Å². The van der Waals surface area contributed by atoms with Crippen molar-refractivity contribution in [1.82, 2.24) is 10.2 Å². The highest BCUT2D eigenvalue weighted by atomic mass is 32.2. The van der Waals surface area contributed by atoms with E-state index < -0.39 is 32.1 Å². The Morgan fingerprint density at radius 2 is 0.939 bits per heavy atom. The number of nitrogens with one attached hydrogen (secondary N) is 2. The maximum atomic E-state index is 12.7. The third kappa shape index (κ3) is 4.23. The molecule has 0 aliphatic carbocycles. The molecule has 0 radical (unpaired) electrons. The smallest absolute Gasteiger partial charge is 0.331 e. The van der Waals surface area contributed by atoms with Gasteiger partial charge in [0, 0.05) is 0 Å². The summed E-state index contributed by atoms with van der Waals surface area (Å²) in [4.78, 5) is -0.00427. The molecule has 0 atom stereocenters. The predicted octanol–water partition coefficient (Wildman–Crippen LogP) is 3.98. The average molecular weight is 481 g/mol. The Hall–Kier alpha value is -3.96. The minimum Gasteiger partial charge on any atom is -0.388 e. The van der Waals surface area contributed by atoms with Crippen molar-refractivity contribution in [3.63, 3.8) is 0 Å². The van der Waals surface area contributed by atoms with E-state index in [-0.39, 0.29) is 9.79 Å². The molecule has 1 aromatic heterocycles. The first kappa shape index (κ1) is 20.9. The van der Waals surface area contributed by atoms with Crippen LogP contribution in [0.2, 0.25) is 0 Å². The number of rotatable bonds is 6. The van der Waals surface area contributed by atoms with Crippen LogP contribution in [-0.2, 0) is 20.0 Å². The van der Waals surface area contributed by atoms with Gasteiger partial charge in [-0.15, -0.1) is 0 Å². The zero-order chi connectivity index (χ0) is 23.1. The molecule has 0 unspecified atom stereocenters. The largest absolute Gasteiger partial charge is 0.388 e. The first-order valence-electron chi connectivity index (χ1n) is 9.67. The molecule has 4 aromatic carbocycles. The fourth-order valence-electron chi connectivity index (χ4n) is 3.32. The van der Waals surface area contributed by atoms with E-state index in [4.69, 9.17) is 4.42 Å². The van der Waals surface area contributed by atoms with Crippen LogP contribution in [0.4, 0.5) is 12.0 Å². The lowest BCUT2D eigenvalue weighted by Gasteiger charge is -2.06. The Morgan fingerprint density at radius 3 is 1.36 bits per heavy atom. The highest BCUT2D eigenvalue weighted by Gasteiger charge is 2.21. The summed E-state index contributed by atoms with van der Waals surface area (Å²) in [6, 6.07) is 23.0. The van der Waals surface area contributed by atoms with E-state index in [2.05, 4.69) is 19.6 Å². The monoisotopic (exact) mass is 480 g/mol. The normalized spacial score (nSPS) is 12.1. The molecule has 33 heavy (non-hydrogen) atoms. The second-order valence-corrected chi connectivity index (χ2v) is 10.5. The summed E-state index contributed by atoms with van der Waals surface area (Å²) in [6.45, 7) is 0. The Labute approximate surface area is 189 Å². The van der Waals surface area contributed by atoms with E-state index in [9.17, 15) is 16.8 Å². The fraction of sp³-hybridized carbons (Fsp3) is 0. The molecular weight excluding hydrogens is 464 g/mol. The Morgan fingerprint density at radius 1 is 0.545 bits per heavy atom. The summed E-state index contributed by atoms with van der Waals surface area (Å²) in [6.07, 6.45) is 0. The highest BCUT2D eigenvalue weighted by Crippen LogP contribution is 2.24. The minimum atomic E-state index is -4.04. The number of sulfonamides is 2. The fourth-order valence-corrected chi connectivity index (χ4v) is 5.24. The molecule has 0 aliphatic heterocycles. The van der Waals surface area contributed by atoms with Crippen molar-refractivity contribution in [2.45, 2.75) is 9.79 Å². The van der Waals surface area contributed by atoms with Crippen LogP contribution >= 0.6 is 0 Å². The van der Waals surface area contributed by atoms with Crippen LogP contribution in [0.15, 0.2) is 99.1 Å². The lowest BCUT2D eigenvalue weighted by molar-refractivity contribution is 0.575. The number of hydrogen-bond donors (Lipinski definition) is 2. The van der Waals surface area contributed by atoms with Gasteiger partial charge in [0.25, 0.3) is 20.0 Å². The van der Waals surface area contributed by atoms with Crippen molar-refractivity contribution in [1.29, 1.82) is 0 Å². The second-order valence-electron chi connectivity index (χ2n) is 7.14. The zero-order valence-electron chi connectivity index (χ0n) is 16.8. The number of nitrogens with zero attached hydrogens (tertiary/aromatic N) is 2. The molecule has 0 fully saturated rings. The standard InChI is InChI=1S/C22H16N4O5S2/c27-32(28,19-11-9-15-5-1-3-7-17(15)13-19)25-21-23-24-22(31-21)26-33(29,30)20-12-10-16-6-2-4-8-18(16)14-20/h1-14H,(H,23,25)(H,24,26). The Bertz CT molecular complexity index is 1590. The van der Waals surface area contributed by atoms with Gasteiger partial charge in [-0.1, -0.05) is 70.9 Å². The SMILES string of the molecule is O=S(=O)(Nc1nnc(NS(=O)(=O)c2ccc3ccccc3c2)o1)c1ccc2ccccc2c1. The van der Waals surface area contributed by atoms with Gasteiger partial charge in [0.05, 0.1) is 9.79 Å². The van der Waals surface area contributed by atoms with Crippen LogP contribution < -0.4 is 9.44 Å². The molecule has 0 bridgehead atoms. The van der Waals surface area contributed by atoms with E-state index in [1.54, 1.807) is 36.4 Å². The number of fused-ring (bicyclic) bond motifs is 2. The van der Waals surface area contributed by atoms with Crippen LogP contribution in [0.3, 0.4) is 0 Å². The number of hydrogen-bond acceptors (Lipinski definition) is 7. The van der Waals surface area contributed by atoms with E-state index in [1.165, 1.54) is 24.3 Å². The van der Waals surface area contributed by atoms with Gasteiger partial charge in [0.2, 0.25) is 0 Å². The van der Waals surface area contributed by atoms with Crippen molar-refractivity contribution >= 4 is 53.6 Å². The van der Waals surface area contributed by atoms with Gasteiger partial charge in [-0.25, -0.2) is 26.3 Å². The summed E-state index contributed by atoms with van der Waals surface area (Å²) >= 11 is 0. The van der Waals surface area contributed by atoms with Gasteiger partial charge in [-0.3, -0.25) is 0 Å². The summed E-state index contributed by atoms with van der Waals surface area (Å²) in [5, 5.41) is 10.4. The molecule has 166 valence electrons. The van der Waals surface area contributed by atoms with Gasteiger partial charge < -0.3 is 4.42 Å². The molecule has 0 saturated carbocycles. The number of benzene rings is 4. The van der Waals surface area contributed by atoms with Gasteiger partial charge in [-0.2, -0.15) is 0 Å². The van der Waals surface area contributed by atoms with Crippen LogP contribution in [0.5, 0.6) is 0 Å². The van der Waals surface area contributed by atoms with Gasteiger partial charge >= 0.3 is 12.0 Å². The predicted molar refractivity (Wildman–Crippen MR) is 124 cm³/mol. The molecule has 11 heteroatoms. The van der Waals surface area contributed by atoms with E-state index >= 15 is 0 Å². The molecule has 0 amide bonds. The maximum Gasteiger partial charge on any atom is 0.331 e. The maximum absolute atomic E-state index is 12.7. The highest BCUT2D eigenvalue weighted by molar-refractivity contribution is 7.93. The molecule has 9 nitrogen and oxygen atoms in total. The first-order valence-corrected chi connectivity index (χ1v) is 12.6. The topological polar surface area (TPSA) is 131 Å². The summed E-state index contributed by atoms with van der Waals surface area (Å²) in [5.41, 5.74) is 0. The van der Waals surface area contributed by atoms with Gasteiger partial charge in [0.1, 0.15) is 0 Å². The van der Waals surface area contributed by atoms with E-state index in [0.717, 1.165) is 21.5 Å². The van der Waals surface area contributed by atoms with Crippen molar-refractivity contribution in [2.75, 3.05) is 9.44 Å². The number of aromatic nitrogens is 2. The average Bonchev–Trinajstić information content (AvgIpc) is 3.23.